The number of nitrogens with zero attached hydrogens (tertiary/aromatic N) is 3. The topological polar surface area (TPSA) is 64.2 Å². The molecule has 0 saturated heterocycles. The average Bonchev–Trinajstić information content (AvgIpc) is 3.23. The van der Waals surface area contributed by atoms with E-state index in [2.05, 4.69) is 23.3 Å². The van der Waals surface area contributed by atoms with Crippen LogP contribution >= 0.6 is 0 Å². The molecule has 5 nitrogen and oxygen atoms in total. The van der Waals surface area contributed by atoms with Crippen LogP contribution in [0.5, 0.6) is 0 Å². The number of para-hydroxylation sites is 1. The van der Waals surface area contributed by atoms with Crippen molar-refractivity contribution in [3.63, 3.8) is 0 Å². The number of fused-ring (bicyclic) bond motifs is 1. The molecule has 5 heteroatoms. The van der Waals surface area contributed by atoms with Crippen LogP contribution in [0.2, 0.25) is 0 Å². The van der Waals surface area contributed by atoms with Crippen molar-refractivity contribution in [3.05, 3.63) is 77.5 Å². The van der Waals surface area contributed by atoms with Gasteiger partial charge in [0.2, 0.25) is 0 Å². The molecule has 0 unspecified atom stereocenters. The van der Waals surface area contributed by atoms with E-state index in [0.717, 1.165) is 5.69 Å². The van der Waals surface area contributed by atoms with Crippen LogP contribution in [-0.4, -0.2) is 22.2 Å². The lowest BCUT2D eigenvalue weighted by atomic mass is 9.93. The molecule has 2 aromatic carbocycles. The molecule has 2 heterocycles. The molecule has 132 valence electrons. The first kappa shape index (κ1) is 16.4. The second-order valence-electron chi connectivity index (χ2n) is 6.92. The van der Waals surface area contributed by atoms with E-state index in [0.29, 0.717) is 17.9 Å². The van der Waals surface area contributed by atoms with E-state index in [4.69, 9.17) is 5.73 Å². The van der Waals surface area contributed by atoms with Gasteiger partial charge in [0.1, 0.15) is 11.4 Å². The normalized spacial score (nSPS) is 16.1. The van der Waals surface area contributed by atoms with Gasteiger partial charge in [-0.2, -0.15) is 5.10 Å². The van der Waals surface area contributed by atoms with Gasteiger partial charge in [0.05, 0.1) is 6.20 Å². The maximum absolute atomic E-state index is 13.2. The number of amides is 1. The first-order valence-electron chi connectivity index (χ1n) is 8.86. The summed E-state index contributed by atoms with van der Waals surface area (Å²) in [6, 6.07) is 18.5. The van der Waals surface area contributed by atoms with Gasteiger partial charge in [0.25, 0.3) is 5.91 Å². The highest BCUT2D eigenvalue weighted by atomic mass is 16.2. The summed E-state index contributed by atoms with van der Waals surface area (Å²) in [5.41, 5.74) is 9.98. The number of carbonyl (C=O) groups is 1. The fraction of sp³-hybridized carbons (Fsp3) is 0.238. The number of hydrogen-bond acceptors (Lipinski definition) is 3. The van der Waals surface area contributed by atoms with E-state index >= 15 is 0 Å². The molecule has 1 atom stereocenters. The number of hydrogen-bond donors (Lipinski definition) is 1. The van der Waals surface area contributed by atoms with E-state index in [9.17, 15) is 4.79 Å². The van der Waals surface area contributed by atoms with Crippen molar-refractivity contribution in [1.29, 1.82) is 0 Å². The third-order valence-electron chi connectivity index (χ3n) is 4.97. The van der Waals surface area contributed by atoms with E-state index in [-0.39, 0.29) is 17.9 Å². The number of nitrogens with two attached hydrogens (primary N) is 1. The van der Waals surface area contributed by atoms with Gasteiger partial charge in [0.15, 0.2) is 0 Å². The molecule has 1 amide bonds. The zero-order valence-electron chi connectivity index (χ0n) is 15.0. The van der Waals surface area contributed by atoms with Gasteiger partial charge in [-0.25, -0.2) is 4.68 Å². The maximum atomic E-state index is 13.2. The summed E-state index contributed by atoms with van der Waals surface area (Å²) in [6.07, 6.45) is 1.58. The molecule has 0 spiro atoms. The van der Waals surface area contributed by atoms with Gasteiger partial charge in [-0.15, -0.1) is 0 Å². The first-order valence-corrected chi connectivity index (χ1v) is 8.86. The summed E-state index contributed by atoms with van der Waals surface area (Å²) in [4.78, 5) is 15.1. The molecular formula is C21H22N4O. The Bertz CT molecular complexity index is 946. The fourth-order valence-corrected chi connectivity index (χ4v) is 3.66. The molecule has 0 saturated carbocycles. The SMILES string of the molecule is CC(C)n1ncc(C(=O)N2C[C@@H](c3ccccc3)c3ccccc32)c1N. The monoisotopic (exact) mass is 346 g/mol. The number of aromatic nitrogens is 2. The van der Waals surface area contributed by atoms with Crippen molar-refractivity contribution in [3.8, 4) is 0 Å². The third-order valence-corrected chi connectivity index (χ3v) is 4.97. The molecule has 2 N–H and O–H groups in total. The van der Waals surface area contributed by atoms with Crippen LogP contribution in [-0.2, 0) is 0 Å². The Morgan fingerprint density at radius 1 is 1.12 bits per heavy atom. The van der Waals surface area contributed by atoms with Gasteiger partial charge in [-0.05, 0) is 31.0 Å². The van der Waals surface area contributed by atoms with Crippen LogP contribution in [0, 0.1) is 0 Å². The molecule has 0 fully saturated rings. The highest BCUT2D eigenvalue weighted by Crippen LogP contribution is 2.40. The summed E-state index contributed by atoms with van der Waals surface area (Å²) >= 11 is 0. The Balaban J connectivity index is 1.73. The van der Waals surface area contributed by atoms with Crippen LogP contribution in [0.1, 0.15) is 47.3 Å². The quantitative estimate of drug-likeness (QED) is 0.784. The minimum atomic E-state index is -0.0970. The van der Waals surface area contributed by atoms with E-state index < -0.39 is 0 Å². The first-order chi connectivity index (χ1) is 12.6. The highest BCUT2D eigenvalue weighted by molar-refractivity contribution is 6.10. The summed E-state index contributed by atoms with van der Waals surface area (Å²) < 4.78 is 1.68. The lowest BCUT2D eigenvalue weighted by Crippen LogP contribution is -2.30. The summed E-state index contributed by atoms with van der Waals surface area (Å²) in [6.45, 7) is 4.59. The van der Waals surface area contributed by atoms with Crippen LogP contribution < -0.4 is 10.6 Å². The molecule has 26 heavy (non-hydrogen) atoms. The largest absolute Gasteiger partial charge is 0.383 e. The van der Waals surface area contributed by atoms with Crippen molar-refractivity contribution >= 4 is 17.4 Å². The molecule has 1 aromatic heterocycles. The number of benzene rings is 2. The lowest BCUT2D eigenvalue weighted by Gasteiger charge is -2.18. The molecular weight excluding hydrogens is 324 g/mol. The highest BCUT2D eigenvalue weighted by Gasteiger charge is 2.34. The average molecular weight is 346 g/mol. The molecule has 0 aliphatic carbocycles. The van der Waals surface area contributed by atoms with Crippen LogP contribution in [0.4, 0.5) is 11.5 Å². The molecule has 0 radical (unpaired) electrons. The van der Waals surface area contributed by atoms with Crippen LogP contribution in [0.15, 0.2) is 60.8 Å². The molecule has 1 aliphatic rings. The number of anilines is 2. The summed E-state index contributed by atoms with van der Waals surface area (Å²) in [7, 11) is 0. The Morgan fingerprint density at radius 3 is 2.50 bits per heavy atom. The predicted molar refractivity (Wildman–Crippen MR) is 103 cm³/mol. The molecule has 0 bridgehead atoms. The fourth-order valence-electron chi connectivity index (χ4n) is 3.66. The second kappa shape index (κ2) is 6.33. The Morgan fingerprint density at radius 2 is 1.81 bits per heavy atom. The van der Waals surface area contributed by atoms with Crippen LogP contribution in [0.3, 0.4) is 0 Å². The van der Waals surface area contributed by atoms with E-state index in [1.54, 1.807) is 10.9 Å². The Kier molecular flexibility index (Phi) is 3.99. The third kappa shape index (κ3) is 2.56. The lowest BCUT2D eigenvalue weighted by molar-refractivity contribution is 0.0989. The Labute approximate surface area is 153 Å². The van der Waals surface area contributed by atoms with Gasteiger partial charge >= 0.3 is 0 Å². The zero-order valence-corrected chi connectivity index (χ0v) is 15.0. The molecule has 4 rings (SSSR count). The number of rotatable bonds is 3. The number of carbonyl (C=O) groups excluding carboxylic acids is 1. The zero-order chi connectivity index (χ0) is 18.3. The maximum Gasteiger partial charge on any atom is 0.263 e. The van der Waals surface area contributed by atoms with Gasteiger partial charge in [-0.3, -0.25) is 4.79 Å². The van der Waals surface area contributed by atoms with Crippen molar-refractivity contribution < 1.29 is 4.79 Å². The summed E-state index contributed by atoms with van der Waals surface area (Å²) in [5, 5.41) is 4.29. The minimum Gasteiger partial charge on any atom is -0.383 e. The van der Waals surface area contributed by atoms with Crippen molar-refractivity contribution in [1.82, 2.24) is 9.78 Å². The standard InChI is InChI=1S/C21H22N4O/c1-14(2)25-20(22)17(12-23-25)21(26)24-13-18(15-8-4-3-5-9-15)16-10-6-7-11-19(16)24/h3-12,14,18H,13,22H2,1-2H3/t18-/m0/s1. The van der Waals surface area contributed by atoms with E-state index in [1.807, 2.05) is 55.1 Å². The van der Waals surface area contributed by atoms with Crippen molar-refractivity contribution in [2.75, 3.05) is 17.2 Å². The molecule has 3 aromatic rings. The smallest absolute Gasteiger partial charge is 0.263 e. The van der Waals surface area contributed by atoms with Crippen LogP contribution in [0.25, 0.3) is 0 Å². The van der Waals surface area contributed by atoms with Gasteiger partial charge < -0.3 is 10.6 Å². The van der Waals surface area contributed by atoms with Gasteiger partial charge in [0, 0.05) is 24.2 Å². The van der Waals surface area contributed by atoms with Gasteiger partial charge in [-0.1, -0.05) is 48.5 Å². The minimum absolute atomic E-state index is 0.0970. The predicted octanol–water partition coefficient (Wildman–Crippen LogP) is 3.84. The Hall–Kier alpha value is -3.08. The molecule has 1 aliphatic heterocycles. The van der Waals surface area contributed by atoms with E-state index in [1.165, 1.54) is 11.1 Å². The second-order valence-corrected chi connectivity index (χ2v) is 6.92. The van der Waals surface area contributed by atoms with Crippen molar-refractivity contribution in [2.24, 2.45) is 0 Å². The van der Waals surface area contributed by atoms with Crippen molar-refractivity contribution in [2.45, 2.75) is 25.8 Å². The summed E-state index contributed by atoms with van der Waals surface area (Å²) in [5.74, 6) is 0.489. The number of nitrogen functional groups attached to an aromatic ring is 1.